The van der Waals surface area contributed by atoms with Crippen LogP contribution < -0.4 is 11.1 Å². The summed E-state index contributed by atoms with van der Waals surface area (Å²) in [6.07, 6.45) is 0.722. The fourth-order valence-electron chi connectivity index (χ4n) is 1.74. The fourth-order valence-corrected chi connectivity index (χ4v) is 1.74. The van der Waals surface area contributed by atoms with E-state index < -0.39 is 6.04 Å². The van der Waals surface area contributed by atoms with Crippen molar-refractivity contribution in [3.8, 4) is 0 Å². The maximum absolute atomic E-state index is 11.7. The first-order valence-electron chi connectivity index (χ1n) is 6.08. The number of carbonyl (C=O) groups is 1. The Balaban J connectivity index is 2.46. The van der Waals surface area contributed by atoms with Gasteiger partial charge in [-0.2, -0.15) is 0 Å². The molecule has 17 heavy (non-hydrogen) atoms. The van der Waals surface area contributed by atoms with Gasteiger partial charge in [0.15, 0.2) is 0 Å². The minimum absolute atomic E-state index is 0.0676. The van der Waals surface area contributed by atoms with Gasteiger partial charge < -0.3 is 11.1 Å². The molecular weight excluding hydrogens is 212 g/mol. The number of amides is 1. The van der Waals surface area contributed by atoms with Gasteiger partial charge in [-0.15, -0.1) is 0 Å². The Morgan fingerprint density at radius 3 is 2.59 bits per heavy atom. The molecule has 94 valence electrons. The lowest BCUT2D eigenvalue weighted by atomic mass is 10.0. The van der Waals surface area contributed by atoms with Crippen molar-refractivity contribution in [3.63, 3.8) is 0 Å². The molecule has 0 saturated carbocycles. The minimum Gasteiger partial charge on any atom is -0.351 e. The molecular formula is C14H22N2O. The van der Waals surface area contributed by atoms with Crippen LogP contribution >= 0.6 is 0 Å². The predicted octanol–water partition coefficient (Wildman–Crippen LogP) is 1.98. The first-order chi connectivity index (χ1) is 8.00. The molecule has 1 aromatic carbocycles. The molecule has 3 nitrogen and oxygen atoms in total. The van der Waals surface area contributed by atoms with Crippen LogP contribution in [0.4, 0.5) is 0 Å². The van der Waals surface area contributed by atoms with Gasteiger partial charge in [0.25, 0.3) is 0 Å². The van der Waals surface area contributed by atoms with Crippen LogP contribution in [0.25, 0.3) is 0 Å². The minimum atomic E-state index is -0.404. The van der Waals surface area contributed by atoms with E-state index in [1.54, 1.807) is 0 Å². The van der Waals surface area contributed by atoms with Crippen molar-refractivity contribution in [2.24, 2.45) is 11.7 Å². The molecule has 0 aliphatic heterocycles. The molecule has 1 amide bonds. The highest BCUT2D eigenvalue weighted by molar-refractivity contribution is 5.81. The Bertz CT molecular complexity index is 374. The van der Waals surface area contributed by atoms with Gasteiger partial charge in [0.05, 0.1) is 6.04 Å². The summed E-state index contributed by atoms with van der Waals surface area (Å²) in [6, 6.07) is 7.62. The maximum Gasteiger partial charge on any atom is 0.237 e. The molecule has 3 N–H and O–H groups in total. The number of nitrogens with one attached hydrogen (secondary N) is 1. The zero-order valence-corrected chi connectivity index (χ0v) is 10.9. The number of aryl methyl sites for hydroxylation is 1. The van der Waals surface area contributed by atoms with Crippen LogP contribution in [0.15, 0.2) is 24.3 Å². The third-order valence-corrected chi connectivity index (χ3v) is 2.78. The van der Waals surface area contributed by atoms with Crippen LogP contribution in [0, 0.1) is 12.8 Å². The molecule has 1 atom stereocenters. The van der Waals surface area contributed by atoms with E-state index in [0.29, 0.717) is 12.5 Å². The summed E-state index contributed by atoms with van der Waals surface area (Å²) >= 11 is 0. The molecule has 3 heteroatoms. The highest BCUT2D eigenvalue weighted by atomic mass is 16.2. The van der Waals surface area contributed by atoms with E-state index in [4.69, 9.17) is 5.73 Å². The summed E-state index contributed by atoms with van der Waals surface area (Å²) in [7, 11) is 0. The van der Waals surface area contributed by atoms with Crippen molar-refractivity contribution >= 4 is 5.91 Å². The second kappa shape index (κ2) is 6.40. The SMILES string of the molecule is Cc1ccccc1CNC(=O)[C@H](N)CC(C)C. The third-order valence-electron chi connectivity index (χ3n) is 2.78. The predicted molar refractivity (Wildman–Crippen MR) is 70.5 cm³/mol. The molecule has 0 saturated heterocycles. The van der Waals surface area contributed by atoms with Gasteiger partial charge in [0.2, 0.25) is 5.91 Å². The van der Waals surface area contributed by atoms with E-state index in [0.717, 1.165) is 12.0 Å². The quantitative estimate of drug-likeness (QED) is 0.818. The number of carbonyl (C=O) groups excluding carboxylic acids is 1. The second-order valence-corrected chi connectivity index (χ2v) is 4.88. The molecule has 0 radical (unpaired) electrons. The number of hydrogen-bond acceptors (Lipinski definition) is 2. The van der Waals surface area contributed by atoms with E-state index in [9.17, 15) is 4.79 Å². The van der Waals surface area contributed by atoms with Gasteiger partial charge in [-0.1, -0.05) is 38.1 Å². The molecule has 0 fully saturated rings. The van der Waals surface area contributed by atoms with Crippen molar-refractivity contribution in [1.82, 2.24) is 5.32 Å². The number of nitrogens with two attached hydrogens (primary N) is 1. The number of hydrogen-bond donors (Lipinski definition) is 2. The van der Waals surface area contributed by atoms with Crippen molar-refractivity contribution in [3.05, 3.63) is 35.4 Å². The van der Waals surface area contributed by atoms with Crippen LogP contribution in [0.5, 0.6) is 0 Å². The van der Waals surface area contributed by atoms with Crippen molar-refractivity contribution in [2.75, 3.05) is 0 Å². The standard InChI is InChI=1S/C14H22N2O/c1-10(2)8-13(15)14(17)16-9-12-7-5-4-6-11(12)3/h4-7,10,13H,8-9,15H2,1-3H3,(H,16,17)/t13-/m1/s1. The lowest BCUT2D eigenvalue weighted by molar-refractivity contribution is -0.122. The van der Waals surface area contributed by atoms with Crippen LogP contribution in [0.1, 0.15) is 31.4 Å². The Morgan fingerprint density at radius 2 is 2.00 bits per heavy atom. The first kappa shape index (κ1) is 13.7. The Labute approximate surface area is 103 Å². The van der Waals surface area contributed by atoms with Gasteiger partial charge >= 0.3 is 0 Å². The van der Waals surface area contributed by atoms with E-state index in [2.05, 4.69) is 19.2 Å². The molecule has 0 aliphatic carbocycles. The topological polar surface area (TPSA) is 55.1 Å². The lowest BCUT2D eigenvalue weighted by Crippen LogP contribution is -2.41. The Morgan fingerprint density at radius 1 is 1.35 bits per heavy atom. The fraction of sp³-hybridized carbons (Fsp3) is 0.500. The van der Waals surface area contributed by atoms with Gasteiger partial charge in [-0.25, -0.2) is 0 Å². The molecule has 0 aliphatic rings. The third kappa shape index (κ3) is 4.57. The summed E-state index contributed by atoms with van der Waals surface area (Å²) in [4.78, 5) is 11.7. The first-order valence-corrected chi connectivity index (χ1v) is 6.08. The largest absolute Gasteiger partial charge is 0.351 e. The normalized spacial score (nSPS) is 12.5. The zero-order chi connectivity index (χ0) is 12.8. The molecule has 1 rings (SSSR count). The molecule has 0 aromatic heterocycles. The summed E-state index contributed by atoms with van der Waals surface area (Å²) in [5, 5.41) is 2.88. The molecule has 0 bridgehead atoms. The van der Waals surface area contributed by atoms with Crippen molar-refractivity contribution < 1.29 is 4.79 Å². The average molecular weight is 234 g/mol. The molecule has 0 spiro atoms. The van der Waals surface area contributed by atoms with Crippen LogP contribution in [-0.4, -0.2) is 11.9 Å². The highest BCUT2D eigenvalue weighted by Crippen LogP contribution is 2.07. The summed E-state index contributed by atoms with van der Waals surface area (Å²) in [5.41, 5.74) is 8.13. The lowest BCUT2D eigenvalue weighted by Gasteiger charge is -2.14. The Hall–Kier alpha value is -1.35. The van der Waals surface area contributed by atoms with Gasteiger partial charge in [-0.3, -0.25) is 4.79 Å². The van der Waals surface area contributed by atoms with Gasteiger partial charge in [-0.05, 0) is 30.4 Å². The number of benzene rings is 1. The molecule has 0 heterocycles. The average Bonchev–Trinajstić information content (AvgIpc) is 2.26. The van der Waals surface area contributed by atoms with Gasteiger partial charge in [0, 0.05) is 6.54 Å². The number of rotatable bonds is 5. The van der Waals surface area contributed by atoms with Crippen LogP contribution in [0.3, 0.4) is 0 Å². The summed E-state index contributed by atoms with van der Waals surface area (Å²) < 4.78 is 0. The highest BCUT2D eigenvalue weighted by Gasteiger charge is 2.14. The van der Waals surface area contributed by atoms with E-state index in [1.165, 1.54) is 5.56 Å². The monoisotopic (exact) mass is 234 g/mol. The zero-order valence-electron chi connectivity index (χ0n) is 10.9. The summed E-state index contributed by atoms with van der Waals surface area (Å²) in [5.74, 6) is 0.371. The van der Waals surface area contributed by atoms with Crippen LogP contribution in [-0.2, 0) is 11.3 Å². The van der Waals surface area contributed by atoms with Gasteiger partial charge in [0.1, 0.15) is 0 Å². The molecule has 1 aromatic rings. The maximum atomic E-state index is 11.7. The summed E-state index contributed by atoms with van der Waals surface area (Å²) in [6.45, 7) is 6.72. The Kier molecular flexibility index (Phi) is 5.16. The smallest absolute Gasteiger partial charge is 0.237 e. The second-order valence-electron chi connectivity index (χ2n) is 4.88. The molecule has 0 unspecified atom stereocenters. The van der Waals surface area contributed by atoms with Crippen molar-refractivity contribution in [1.29, 1.82) is 0 Å². The van der Waals surface area contributed by atoms with E-state index >= 15 is 0 Å². The van der Waals surface area contributed by atoms with E-state index in [1.807, 2.05) is 31.2 Å². The van der Waals surface area contributed by atoms with E-state index in [-0.39, 0.29) is 5.91 Å². The van der Waals surface area contributed by atoms with Crippen molar-refractivity contribution in [2.45, 2.75) is 39.8 Å². The van der Waals surface area contributed by atoms with Crippen LogP contribution in [0.2, 0.25) is 0 Å².